The van der Waals surface area contributed by atoms with Crippen molar-refractivity contribution in [2.75, 3.05) is 30.4 Å². The van der Waals surface area contributed by atoms with E-state index in [4.69, 9.17) is 4.74 Å². The van der Waals surface area contributed by atoms with Gasteiger partial charge in [-0.2, -0.15) is 0 Å². The Bertz CT molecular complexity index is 1150. The fraction of sp³-hybridized carbons (Fsp3) is 0.286. The van der Waals surface area contributed by atoms with Gasteiger partial charge in [-0.25, -0.2) is 4.39 Å². The molecule has 3 aromatic rings. The van der Waals surface area contributed by atoms with Crippen LogP contribution in [0.15, 0.2) is 66.7 Å². The SMILES string of the molecule is CCc1cccc(C(=O)Nc2ccc(OC)cc2)c1N1CCC(C(=O)c2ccc(F)cc2)CC1. The zero-order chi connectivity index (χ0) is 24.1. The van der Waals surface area contributed by atoms with Gasteiger partial charge in [0, 0.05) is 30.3 Å². The van der Waals surface area contributed by atoms with E-state index in [1.807, 2.05) is 36.4 Å². The molecular formula is C28H29FN2O3. The van der Waals surface area contributed by atoms with E-state index < -0.39 is 0 Å². The topological polar surface area (TPSA) is 58.6 Å². The molecule has 176 valence electrons. The number of hydrogen-bond donors (Lipinski definition) is 1. The van der Waals surface area contributed by atoms with Crippen LogP contribution in [0.4, 0.5) is 15.8 Å². The second-order valence-corrected chi connectivity index (χ2v) is 8.48. The van der Waals surface area contributed by atoms with Gasteiger partial charge in [-0.15, -0.1) is 0 Å². The summed E-state index contributed by atoms with van der Waals surface area (Å²) < 4.78 is 18.4. The summed E-state index contributed by atoms with van der Waals surface area (Å²) in [6.45, 7) is 3.43. The second-order valence-electron chi connectivity index (χ2n) is 8.48. The van der Waals surface area contributed by atoms with Gasteiger partial charge in [-0.3, -0.25) is 9.59 Å². The van der Waals surface area contributed by atoms with Gasteiger partial charge in [-0.05, 0) is 79.4 Å². The lowest BCUT2D eigenvalue weighted by molar-refractivity contribution is 0.0899. The summed E-state index contributed by atoms with van der Waals surface area (Å²) in [4.78, 5) is 28.3. The van der Waals surface area contributed by atoms with Crippen molar-refractivity contribution in [2.45, 2.75) is 26.2 Å². The molecule has 5 nitrogen and oxygen atoms in total. The van der Waals surface area contributed by atoms with Crippen LogP contribution in [0.3, 0.4) is 0 Å². The van der Waals surface area contributed by atoms with E-state index >= 15 is 0 Å². The van der Waals surface area contributed by atoms with Gasteiger partial charge in [0.1, 0.15) is 11.6 Å². The third-order valence-electron chi connectivity index (χ3n) is 6.40. The number of amides is 1. The average molecular weight is 461 g/mol. The average Bonchev–Trinajstić information content (AvgIpc) is 2.88. The van der Waals surface area contributed by atoms with Crippen molar-refractivity contribution in [1.29, 1.82) is 0 Å². The number of para-hydroxylation sites is 1. The van der Waals surface area contributed by atoms with Gasteiger partial charge in [0.2, 0.25) is 0 Å². The lowest BCUT2D eigenvalue weighted by Crippen LogP contribution is -2.38. The van der Waals surface area contributed by atoms with Gasteiger partial charge in [0.05, 0.1) is 18.4 Å². The molecule has 1 fully saturated rings. The summed E-state index contributed by atoms with van der Waals surface area (Å²) >= 11 is 0. The van der Waals surface area contributed by atoms with Crippen LogP contribution in [0.2, 0.25) is 0 Å². The van der Waals surface area contributed by atoms with Crippen LogP contribution < -0.4 is 15.0 Å². The number of ketones is 1. The van der Waals surface area contributed by atoms with Crippen LogP contribution in [0.25, 0.3) is 0 Å². The molecule has 0 atom stereocenters. The molecule has 0 radical (unpaired) electrons. The number of anilines is 2. The number of ether oxygens (including phenoxy) is 1. The number of aryl methyl sites for hydroxylation is 1. The Morgan fingerprint density at radius 2 is 1.68 bits per heavy atom. The van der Waals surface area contributed by atoms with E-state index in [1.54, 1.807) is 19.2 Å². The molecular weight excluding hydrogens is 431 g/mol. The van der Waals surface area contributed by atoms with E-state index in [2.05, 4.69) is 23.2 Å². The van der Waals surface area contributed by atoms with E-state index in [0.29, 0.717) is 42.7 Å². The second kappa shape index (κ2) is 10.5. The first kappa shape index (κ1) is 23.5. The molecule has 34 heavy (non-hydrogen) atoms. The van der Waals surface area contributed by atoms with E-state index in [1.165, 1.54) is 12.1 Å². The number of carbonyl (C=O) groups excluding carboxylic acids is 2. The Labute approximate surface area is 199 Å². The number of nitrogens with one attached hydrogen (secondary N) is 1. The van der Waals surface area contributed by atoms with E-state index in [0.717, 1.165) is 23.4 Å². The first-order chi connectivity index (χ1) is 16.5. The van der Waals surface area contributed by atoms with Gasteiger partial charge in [0.15, 0.2) is 5.78 Å². The molecule has 1 heterocycles. The minimum absolute atomic E-state index is 0.0564. The highest BCUT2D eigenvalue weighted by Crippen LogP contribution is 2.32. The Morgan fingerprint density at radius 3 is 2.29 bits per heavy atom. The molecule has 3 aromatic carbocycles. The molecule has 0 unspecified atom stereocenters. The maximum atomic E-state index is 13.2. The van der Waals surface area contributed by atoms with Crippen molar-refractivity contribution >= 4 is 23.1 Å². The fourth-order valence-corrected chi connectivity index (χ4v) is 4.52. The quantitative estimate of drug-likeness (QED) is 0.456. The summed E-state index contributed by atoms with van der Waals surface area (Å²) in [5.74, 6) is 0.167. The first-order valence-electron chi connectivity index (χ1n) is 11.6. The number of hydrogen-bond acceptors (Lipinski definition) is 4. The molecule has 6 heteroatoms. The maximum absolute atomic E-state index is 13.2. The zero-order valence-electron chi connectivity index (χ0n) is 19.5. The summed E-state index contributed by atoms with van der Waals surface area (Å²) in [6.07, 6.45) is 2.18. The molecule has 1 N–H and O–H groups in total. The Hall–Kier alpha value is -3.67. The number of piperidine rings is 1. The molecule has 0 aliphatic carbocycles. The predicted molar refractivity (Wildman–Crippen MR) is 132 cm³/mol. The van der Waals surface area contributed by atoms with E-state index in [9.17, 15) is 14.0 Å². The highest BCUT2D eigenvalue weighted by Gasteiger charge is 2.28. The molecule has 0 saturated carbocycles. The molecule has 1 saturated heterocycles. The number of methoxy groups -OCH3 is 1. The number of rotatable bonds is 7. The number of benzene rings is 3. The molecule has 1 aliphatic heterocycles. The Kier molecular flexibility index (Phi) is 7.26. The van der Waals surface area contributed by atoms with Gasteiger partial charge < -0.3 is 15.0 Å². The van der Waals surface area contributed by atoms with E-state index in [-0.39, 0.29) is 23.4 Å². The predicted octanol–water partition coefficient (Wildman–Crippen LogP) is 5.75. The van der Waals surface area contributed by atoms with Crippen molar-refractivity contribution in [1.82, 2.24) is 0 Å². The number of carbonyl (C=O) groups is 2. The van der Waals surface area contributed by atoms with Crippen LogP contribution in [0.5, 0.6) is 5.75 Å². The van der Waals surface area contributed by atoms with Gasteiger partial charge in [0.25, 0.3) is 5.91 Å². The molecule has 0 spiro atoms. The van der Waals surface area contributed by atoms with Crippen molar-refractivity contribution in [3.8, 4) is 5.75 Å². The van der Waals surface area contributed by atoms with Crippen molar-refractivity contribution in [3.63, 3.8) is 0 Å². The molecule has 1 aliphatic rings. The minimum Gasteiger partial charge on any atom is -0.497 e. The van der Waals surface area contributed by atoms with Gasteiger partial charge >= 0.3 is 0 Å². The smallest absolute Gasteiger partial charge is 0.257 e. The van der Waals surface area contributed by atoms with Crippen LogP contribution in [-0.4, -0.2) is 31.9 Å². The molecule has 4 rings (SSSR count). The third kappa shape index (κ3) is 5.11. The first-order valence-corrected chi connectivity index (χ1v) is 11.6. The van der Waals surface area contributed by atoms with Crippen molar-refractivity contribution in [3.05, 3.63) is 89.2 Å². The van der Waals surface area contributed by atoms with Gasteiger partial charge in [-0.1, -0.05) is 19.1 Å². The maximum Gasteiger partial charge on any atom is 0.257 e. The highest BCUT2D eigenvalue weighted by atomic mass is 19.1. The van der Waals surface area contributed by atoms with Crippen LogP contribution in [0.1, 0.15) is 46.0 Å². The minimum atomic E-state index is -0.344. The summed E-state index contributed by atoms with van der Waals surface area (Å²) in [5, 5.41) is 2.99. The Balaban J connectivity index is 1.50. The molecule has 1 amide bonds. The Morgan fingerprint density at radius 1 is 1.00 bits per heavy atom. The largest absolute Gasteiger partial charge is 0.497 e. The molecule has 0 aromatic heterocycles. The summed E-state index contributed by atoms with van der Waals surface area (Å²) in [6, 6.07) is 18.8. The van der Waals surface area contributed by atoms with Crippen LogP contribution in [0, 0.1) is 11.7 Å². The monoisotopic (exact) mass is 460 g/mol. The standard InChI is InChI=1S/C28H29FN2O3/c1-3-19-5-4-6-25(28(33)30-23-11-13-24(34-2)14-12-23)26(19)31-17-15-21(16-18-31)27(32)20-7-9-22(29)10-8-20/h4-14,21H,3,15-18H2,1-2H3,(H,30,33). The number of nitrogens with zero attached hydrogens (tertiary/aromatic N) is 1. The lowest BCUT2D eigenvalue weighted by atomic mass is 9.88. The van der Waals surface area contributed by atoms with Crippen molar-refractivity contribution in [2.24, 2.45) is 5.92 Å². The number of halogens is 1. The zero-order valence-corrected chi connectivity index (χ0v) is 19.5. The fourth-order valence-electron chi connectivity index (χ4n) is 4.52. The molecule has 0 bridgehead atoms. The lowest BCUT2D eigenvalue weighted by Gasteiger charge is -2.35. The summed E-state index contributed by atoms with van der Waals surface area (Å²) in [7, 11) is 1.60. The highest BCUT2D eigenvalue weighted by molar-refractivity contribution is 6.08. The van der Waals surface area contributed by atoms with Crippen molar-refractivity contribution < 1.29 is 18.7 Å². The number of Topliss-reactive ketones (excluding diaryl/α,β-unsaturated/α-hetero) is 1. The third-order valence-corrected chi connectivity index (χ3v) is 6.40. The normalized spacial score (nSPS) is 14.0. The van der Waals surface area contributed by atoms with Crippen LogP contribution in [-0.2, 0) is 6.42 Å². The van der Waals surface area contributed by atoms with Crippen LogP contribution >= 0.6 is 0 Å². The summed E-state index contributed by atoms with van der Waals surface area (Å²) in [5.41, 5.74) is 3.91.